The fourth-order valence-electron chi connectivity index (χ4n) is 1.60. The van der Waals surface area contributed by atoms with Crippen molar-refractivity contribution in [3.63, 3.8) is 0 Å². The largest absolute Gasteiger partial charge is 0.383 e. The summed E-state index contributed by atoms with van der Waals surface area (Å²) < 4.78 is 1.98. The Labute approximate surface area is 121 Å². The van der Waals surface area contributed by atoms with Gasteiger partial charge in [-0.2, -0.15) is 0 Å². The first kappa shape index (κ1) is 13.5. The van der Waals surface area contributed by atoms with E-state index >= 15 is 0 Å². The minimum absolute atomic E-state index is 0.455. The zero-order valence-electron chi connectivity index (χ0n) is 9.75. The summed E-state index contributed by atoms with van der Waals surface area (Å²) in [4.78, 5) is 4.24. The maximum atomic E-state index is 6.07. The Bertz CT molecular complexity index is 551. The van der Waals surface area contributed by atoms with Crippen LogP contribution in [0.4, 0.5) is 5.69 Å². The van der Waals surface area contributed by atoms with Gasteiger partial charge in [0.2, 0.25) is 0 Å². The molecule has 6 heteroatoms. The molecule has 2 rings (SSSR count). The molecule has 0 aliphatic rings. The van der Waals surface area contributed by atoms with Gasteiger partial charge in [-0.3, -0.25) is 0 Å². The first-order chi connectivity index (χ1) is 8.58. The second-order valence-corrected chi connectivity index (χ2v) is 5.10. The summed E-state index contributed by atoms with van der Waals surface area (Å²) in [5.74, 6) is 1.01. The third-order valence-corrected chi connectivity index (χ3v) is 3.63. The predicted octanol–water partition coefficient (Wildman–Crippen LogP) is 4.03. The number of aryl methyl sites for hydroxylation is 1. The van der Waals surface area contributed by atoms with Gasteiger partial charge in [0.25, 0.3) is 0 Å². The van der Waals surface area contributed by atoms with E-state index in [2.05, 4.69) is 10.3 Å². The zero-order chi connectivity index (χ0) is 13.1. The molecule has 1 N–H and O–H groups in total. The number of imidazole rings is 1. The number of hydrogen-bond acceptors (Lipinski definition) is 2. The Hall–Kier alpha value is -0.900. The molecule has 0 fully saturated rings. The van der Waals surface area contributed by atoms with Gasteiger partial charge >= 0.3 is 0 Å². The number of anilines is 1. The standard InChI is InChI=1S/C12H12Cl3N3/c1-18-5-4-17-12(18)2-3-16-11-7-9(14)8(13)6-10(11)15/h4-7,16H,2-3H2,1H3. The zero-order valence-corrected chi connectivity index (χ0v) is 12.0. The van der Waals surface area contributed by atoms with Gasteiger partial charge in [-0.25, -0.2) is 4.98 Å². The van der Waals surface area contributed by atoms with E-state index in [1.165, 1.54) is 0 Å². The van der Waals surface area contributed by atoms with Crippen molar-refractivity contribution in [2.24, 2.45) is 7.05 Å². The summed E-state index contributed by atoms with van der Waals surface area (Å²) in [5.41, 5.74) is 0.778. The first-order valence-electron chi connectivity index (χ1n) is 5.42. The summed E-state index contributed by atoms with van der Waals surface area (Å²) in [6.45, 7) is 0.725. The quantitative estimate of drug-likeness (QED) is 0.864. The summed E-state index contributed by atoms with van der Waals surface area (Å²) in [5, 5.41) is 4.72. The van der Waals surface area contributed by atoms with Crippen LogP contribution in [0.1, 0.15) is 5.82 Å². The van der Waals surface area contributed by atoms with Gasteiger partial charge < -0.3 is 9.88 Å². The third-order valence-electron chi connectivity index (χ3n) is 2.59. The fourth-order valence-corrected chi connectivity index (χ4v) is 2.22. The second-order valence-electron chi connectivity index (χ2n) is 3.88. The number of rotatable bonds is 4. The van der Waals surface area contributed by atoms with E-state index in [-0.39, 0.29) is 0 Å². The molecule has 0 aliphatic heterocycles. The number of halogens is 3. The summed E-state index contributed by atoms with van der Waals surface area (Å²) >= 11 is 17.9. The van der Waals surface area contributed by atoms with Gasteiger partial charge in [-0.15, -0.1) is 0 Å². The highest BCUT2D eigenvalue weighted by molar-refractivity contribution is 6.44. The van der Waals surface area contributed by atoms with E-state index in [0.29, 0.717) is 15.1 Å². The van der Waals surface area contributed by atoms with Crippen LogP contribution in [0.25, 0.3) is 0 Å². The van der Waals surface area contributed by atoms with Crippen LogP contribution in [-0.4, -0.2) is 16.1 Å². The van der Waals surface area contributed by atoms with Crippen LogP contribution in [-0.2, 0) is 13.5 Å². The van der Waals surface area contributed by atoms with Crippen LogP contribution in [0, 0.1) is 0 Å². The Balaban J connectivity index is 1.99. The van der Waals surface area contributed by atoms with Crippen LogP contribution in [0.15, 0.2) is 24.5 Å². The highest BCUT2D eigenvalue weighted by Gasteiger charge is 2.06. The lowest BCUT2D eigenvalue weighted by molar-refractivity contribution is 0.790. The number of benzene rings is 1. The van der Waals surface area contributed by atoms with Gasteiger partial charge in [0.1, 0.15) is 5.82 Å². The molecule has 0 radical (unpaired) electrons. The smallest absolute Gasteiger partial charge is 0.110 e. The summed E-state index contributed by atoms with van der Waals surface area (Å²) in [6.07, 6.45) is 4.50. The number of nitrogens with zero attached hydrogens (tertiary/aromatic N) is 2. The van der Waals surface area contributed by atoms with E-state index in [0.717, 1.165) is 24.5 Å². The second kappa shape index (κ2) is 5.83. The molecular weight excluding hydrogens is 293 g/mol. The Kier molecular flexibility index (Phi) is 4.38. The molecular formula is C12H12Cl3N3. The summed E-state index contributed by atoms with van der Waals surface area (Å²) in [7, 11) is 1.97. The average molecular weight is 305 g/mol. The van der Waals surface area contributed by atoms with E-state index in [4.69, 9.17) is 34.8 Å². The van der Waals surface area contributed by atoms with Crippen molar-refractivity contribution in [2.45, 2.75) is 6.42 Å². The summed E-state index contributed by atoms with van der Waals surface area (Å²) in [6, 6.07) is 3.36. The van der Waals surface area contributed by atoms with Crippen LogP contribution < -0.4 is 5.32 Å². The maximum Gasteiger partial charge on any atom is 0.110 e. The van der Waals surface area contributed by atoms with Crippen LogP contribution in [0.2, 0.25) is 15.1 Å². The van der Waals surface area contributed by atoms with E-state index < -0.39 is 0 Å². The Morgan fingerprint density at radius 1 is 1.17 bits per heavy atom. The van der Waals surface area contributed by atoms with Crippen molar-refractivity contribution >= 4 is 40.5 Å². The predicted molar refractivity (Wildman–Crippen MR) is 76.9 cm³/mol. The molecule has 0 saturated heterocycles. The molecule has 0 aliphatic carbocycles. The van der Waals surface area contributed by atoms with Crippen molar-refractivity contribution in [1.29, 1.82) is 0 Å². The van der Waals surface area contributed by atoms with E-state index in [1.807, 2.05) is 17.8 Å². The molecule has 0 bridgehead atoms. The van der Waals surface area contributed by atoms with Crippen LogP contribution >= 0.6 is 34.8 Å². The van der Waals surface area contributed by atoms with Crippen LogP contribution in [0.3, 0.4) is 0 Å². The monoisotopic (exact) mass is 303 g/mol. The third kappa shape index (κ3) is 3.10. The van der Waals surface area contributed by atoms with Gasteiger partial charge in [0.05, 0.1) is 20.8 Å². The van der Waals surface area contributed by atoms with Gasteiger partial charge in [-0.05, 0) is 12.1 Å². The molecule has 0 spiro atoms. The molecule has 3 nitrogen and oxygen atoms in total. The average Bonchev–Trinajstić information content (AvgIpc) is 2.72. The molecule has 96 valence electrons. The molecule has 0 saturated carbocycles. The van der Waals surface area contributed by atoms with Crippen molar-refractivity contribution < 1.29 is 0 Å². The maximum absolute atomic E-state index is 6.07. The molecule has 2 aromatic rings. The van der Waals surface area contributed by atoms with Gasteiger partial charge in [0.15, 0.2) is 0 Å². The van der Waals surface area contributed by atoms with Gasteiger partial charge in [0, 0.05) is 32.4 Å². The number of aromatic nitrogens is 2. The van der Waals surface area contributed by atoms with Gasteiger partial charge in [-0.1, -0.05) is 34.8 Å². The SMILES string of the molecule is Cn1ccnc1CCNc1cc(Cl)c(Cl)cc1Cl. The van der Waals surface area contributed by atoms with Crippen molar-refractivity contribution in [2.75, 3.05) is 11.9 Å². The molecule has 0 amide bonds. The number of hydrogen-bond donors (Lipinski definition) is 1. The molecule has 18 heavy (non-hydrogen) atoms. The lowest BCUT2D eigenvalue weighted by Gasteiger charge is -2.09. The topological polar surface area (TPSA) is 29.9 Å². The van der Waals surface area contributed by atoms with E-state index in [9.17, 15) is 0 Å². The minimum atomic E-state index is 0.455. The normalized spacial score (nSPS) is 10.7. The molecule has 1 heterocycles. The van der Waals surface area contributed by atoms with Crippen molar-refractivity contribution in [3.8, 4) is 0 Å². The fraction of sp³-hybridized carbons (Fsp3) is 0.250. The van der Waals surface area contributed by atoms with Crippen molar-refractivity contribution in [1.82, 2.24) is 9.55 Å². The highest BCUT2D eigenvalue weighted by Crippen LogP contribution is 2.32. The molecule has 1 aromatic heterocycles. The van der Waals surface area contributed by atoms with Crippen molar-refractivity contribution in [3.05, 3.63) is 45.4 Å². The minimum Gasteiger partial charge on any atom is -0.383 e. The Morgan fingerprint density at radius 3 is 2.56 bits per heavy atom. The molecule has 0 atom stereocenters. The Morgan fingerprint density at radius 2 is 1.89 bits per heavy atom. The number of nitrogens with one attached hydrogen (secondary N) is 1. The lowest BCUT2D eigenvalue weighted by atomic mass is 10.3. The molecule has 1 aromatic carbocycles. The first-order valence-corrected chi connectivity index (χ1v) is 6.56. The van der Waals surface area contributed by atoms with E-state index in [1.54, 1.807) is 18.3 Å². The molecule has 0 unspecified atom stereocenters. The lowest BCUT2D eigenvalue weighted by Crippen LogP contribution is -2.08. The van der Waals surface area contributed by atoms with Crippen LogP contribution in [0.5, 0.6) is 0 Å². The highest BCUT2D eigenvalue weighted by atomic mass is 35.5.